The minimum Gasteiger partial charge on any atom is -0.494 e. The number of ether oxygens (including phenoxy) is 1. The van der Waals surface area contributed by atoms with E-state index in [1.165, 1.54) is 31.7 Å². The number of hydrogen-bond donors (Lipinski definition) is 1. The van der Waals surface area contributed by atoms with Crippen molar-refractivity contribution in [1.82, 2.24) is 20.0 Å². The van der Waals surface area contributed by atoms with Gasteiger partial charge in [-0.05, 0) is 31.5 Å². The molecule has 4 rings (SSSR count). The Morgan fingerprint density at radius 2 is 1.89 bits per heavy atom. The molecule has 6 nitrogen and oxygen atoms in total. The molecule has 0 radical (unpaired) electrons. The maximum absolute atomic E-state index is 5.52. The third-order valence-corrected chi connectivity index (χ3v) is 5.19. The van der Waals surface area contributed by atoms with E-state index in [2.05, 4.69) is 46.1 Å². The molecule has 1 unspecified atom stereocenters. The van der Waals surface area contributed by atoms with Gasteiger partial charge >= 0.3 is 0 Å². The molecular weight excluding hydrogens is 453 g/mol. The van der Waals surface area contributed by atoms with Crippen LogP contribution in [-0.4, -0.2) is 86.2 Å². The first-order chi connectivity index (χ1) is 12.7. The lowest BCUT2D eigenvalue weighted by atomic mass is 10.1. The van der Waals surface area contributed by atoms with Crippen molar-refractivity contribution in [2.24, 2.45) is 4.99 Å². The van der Waals surface area contributed by atoms with E-state index in [-0.39, 0.29) is 24.0 Å². The third kappa shape index (κ3) is 6.22. The Hall–Kier alpha value is -1.06. The summed E-state index contributed by atoms with van der Waals surface area (Å²) in [4.78, 5) is 12.3. The molecule has 152 valence electrons. The van der Waals surface area contributed by atoms with Gasteiger partial charge in [-0.1, -0.05) is 12.1 Å². The molecule has 1 atom stereocenters. The summed E-state index contributed by atoms with van der Waals surface area (Å²) < 4.78 is 5.52. The average molecular weight is 487 g/mol. The fourth-order valence-corrected chi connectivity index (χ4v) is 3.77. The molecule has 27 heavy (non-hydrogen) atoms. The van der Waals surface area contributed by atoms with Gasteiger partial charge < -0.3 is 15.0 Å². The molecule has 1 N–H and O–H groups in total. The van der Waals surface area contributed by atoms with Crippen LogP contribution in [-0.2, 0) is 6.54 Å². The second-order valence-corrected chi connectivity index (χ2v) is 7.12. The topological polar surface area (TPSA) is 43.3 Å². The van der Waals surface area contributed by atoms with Crippen molar-refractivity contribution < 1.29 is 4.74 Å². The minimum absolute atomic E-state index is 0. The number of nitrogens with one attached hydrogen (secondary N) is 1. The van der Waals surface area contributed by atoms with Crippen molar-refractivity contribution in [3.63, 3.8) is 0 Å². The first-order valence-corrected chi connectivity index (χ1v) is 9.87. The van der Waals surface area contributed by atoms with Crippen LogP contribution in [0.3, 0.4) is 0 Å². The lowest BCUT2D eigenvalue weighted by molar-refractivity contribution is 0.0173. The van der Waals surface area contributed by atoms with Crippen LogP contribution in [0.25, 0.3) is 0 Å². The van der Waals surface area contributed by atoms with Gasteiger partial charge in [0.1, 0.15) is 5.75 Å². The molecule has 0 aromatic heterocycles. The second kappa shape index (κ2) is 11.1. The van der Waals surface area contributed by atoms with Crippen LogP contribution in [0.15, 0.2) is 29.3 Å². The Balaban J connectivity index is 0.00000261. The highest BCUT2D eigenvalue weighted by Crippen LogP contribution is 2.16. The third-order valence-electron chi connectivity index (χ3n) is 5.19. The molecule has 1 aromatic rings. The van der Waals surface area contributed by atoms with Gasteiger partial charge in [0.05, 0.1) is 13.2 Å². The summed E-state index contributed by atoms with van der Waals surface area (Å²) in [6.07, 6.45) is 0. The van der Waals surface area contributed by atoms with E-state index in [1.54, 1.807) is 0 Å². The highest BCUT2D eigenvalue weighted by atomic mass is 127. The summed E-state index contributed by atoms with van der Waals surface area (Å²) in [5.41, 5.74) is 1.26. The Morgan fingerprint density at radius 1 is 1.19 bits per heavy atom. The van der Waals surface area contributed by atoms with Crippen molar-refractivity contribution in [2.45, 2.75) is 26.4 Å². The Labute approximate surface area is 181 Å². The van der Waals surface area contributed by atoms with E-state index in [1.807, 2.05) is 19.1 Å². The molecule has 3 heterocycles. The largest absolute Gasteiger partial charge is 0.494 e. The average Bonchev–Trinajstić information content (AvgIpc) is 2.68. The van der Waals surface area contributed by atoms with Crippen LogP contribution in [0.1, 0.15) is 19.4 Å². The van der Waals surface area contributed by atoms with Crippen LogP contribution in [0, 0.1) is 0 Å². The van der Waals surface area contributed by atoms with Crippen molar-refractivity contribution >= 4 is 29.9 Å². The maximum Gasteiger partial charge on any atom is 0.194 e. The monoisotopic (exact) mass is 487 g/mol. The van der Waals surface area contributed by atoms with Crippen LogP contribution in [0.2, 0.25) is 0 Å². The van der Waals surface area contributed by atoms with Crippen LogP contribution in [0.4, 0.5) is 0 Å². The van der Waals surface area contributed by atoms with Gasteiger partial charge in [-0.3, -0.25) is 14.8 Å². The molecule has 0 spiro atoms. The fourth-order valence-electron chi connectivity index (χ4n) is 3.77. The molecule has 3 aliphatic heterocycles. The van der Waals surface area contributed by atoms with E-state index in [9.17, 15) is 0 Å². The predicted molar refractivity (Wildman–Crippen MR) is 122 cm³/mol. The number of benzene rings is 1. The zero-order valence-electron chi connectivity index (χ0n) is 16.9. The Kier molecular flexibility index (Phi) is 9.11. The number of aliphatic imine (C=N–C) groups is 1. The minimum atomic E-state index is 0. The smallest absolute Gasteiger partial charge is 0.194 e. The van der Waals surface area contributed by atoms with Gasteiger partial charge in [-0.2, -0.15) is 0 Å². The lowest BCUT2D eigenvalue weighted by Crippen LogP contribution is -2.62. The lowest BCUT2D eigenvalue weighted by Gasteiger charge is -2.47. The highest BCUT2D eigenvalue weighted by Gasteiger charge is 2.31. The summed E-state index contributed by atoms with van der Waals surface area (Å²) in [5.74, 6) is 1.91. The molecule has 0 saturated carbocycles. The number of rotatable bonds is 7. The predicted octanol–water partition coefficient (Wildman–Crippen LogP) is 2.10. The molecule has 7 heteroatoms. The molecule has 1 aromatic carbocycles. The SMILES string of the molecule is CCNC(=NCC1CN2CCN1CC2)N(C)Cc1ccc(OCC)cc1.I. The number of fused-ring (bicyclic) bond motifs is 3. The summed E-state index contributed by atoms with van der Waals surface area (Å²) in [6, 6.07) is 8.90. The molecule has 0 aliphatic carbocycles. The maximum atomic E-state index is 5.52. The Bertz CT molecular complexity index is 587. The first-order valence-electron chi connectivity index (χ1n) is 9.87. The number of guanidine groups is 1. The van der Waals surface area contributed by atoms with Crippen molar-refractivity contribution in [1.29, 1.82) is 0 Å². The Morgan fingerprint density at radius 3 is 2.44 bits per heavy atom. The number of piperazine rings is 3. The molecule has 0 amide bonds. The number of nitrogens with zero attached hydrogens (tertiary/aromatic N) is 4. The number of halogens is 1. The van der Waals surface area contributed by atoms with E-state index < -0.39 is 0 Å². The molecule has 3 saturated heterocycles. The summed E-state index contributed by atoms with van der Waals surface area (Å²) in [7, 11) is 2.11. The zero-order valence-corrected chi connectivity index (χ0v) is 19.2. The highest BCUT2D eigenvalue weighted by molar-refractivity contribution is 14.0. The van der Waals surface area contributed by atoms with E-state index in [0.29, 0.717) is 12.6 Å². The molecule has 3 fully saturated rings. The van der Waals surface area contributed by atoms with Crippen molar-refractivity contribution in [3.05, 3.63) is 29.8 Å². The van der Waals surface area contributed by atoms with Crippen LogP contribution >= 0.6 is 24.0 Å². The van der Waals surface area contributed by atoms with E-state index >= 15 is 0 Å². The van der Waals surface area contributed by atoms with Gasteiger partial charge in [0, 0.05) is 58.9 Å². The quantitative estimate of drug-likeness (QED) is 0.363. The van der Waals surface area contributed by atoms with E-state index in [0.717, 1.165) is 37.9 Å². The standard InChI is InChI=1S/C20H33N5O.HI/c1-4-21-20(22-14-18-16-24-10-12-25(18)13-11-24)23(3)15-17-6-8-19(9-7-17)26-5-2;/h6-9,18H,4-5,10-16H2,1-3H3,(H,21,22);1H. The van der Waals surface area contributed by atoms with Gasteiger partial charge in [0.25, 0.3) is 0 Å². The van der Waals surface area contributed by atoms with Gasteiger partial charge in [0.15, 0.2) is 5.96 Å². The zero-order chi connectivity index (χ0) is 18.4. The summed E-state index contributed by atoms with van der Waals surface area (Å²) >= 11 is 0. The summed E-state index contributed by atoms with van der Waals surface area (Å²) in [6.45, 7) is 13.4. The first kappa shape index (κ1) is 22.2. The summed E-state index contributed by atoms with van der Waals surface area (Å²) in [5, 5.41) is 3.44. The molecule has 3 aliphatic rings. The van der Waals surface area contributed by atoms with Gasteiger partial charge in [-0.15, -0.1) is 24.0 Å². The van der Waals surface area contributed by atoms with Crippen molar-refractivity contribution in [2.75, 3.05) is 59.5 Å². The fraction of sp³-hybridized carbons (Fsp3) is 0.650. The van der Waals surface area contributed by atoms with Gasteiger partial charge in [0.2, 0.25) is 0 Å². The normalized spacial score (nSPS) is 24.3. The van der Waals surface area contributed by atoms with Crippen molar-refractivity contribution in [3.8, 4) is 5.75 Å². The van der Waals surface area contributed by atoms with Crippen LogP contribution < -0.4 is 10.1 Å². The van der Waals surface area contributed by atoms with Gasteiger partial charge in [-0.25, -0.2) is 0 Å². The van der Waals surface area contributed by atoms with Crippen LogP contribution in [0.5, 0.6) is 5.75 Å². The van der Waals surface area contributed by atoms with E-state index in [4.69, 9.17) is 9.73 Å². The second-order valence-electron chi connectivity index (χ2n) is 7.12. The number of hydrogen-bond acceptors (Lipinski definition) is 4. The molecular formula is C20H34IN5O. The molecule has 2 bridgehead atoms.